The van der Waals surface area contributed by atoms with Crippen molar-refractivity contribution in [3.63, 3.8) is 0 Å². The number of hydrogen-bond donors (Lipinski definition) is 5. The second kappa shape index (κ2) is 7.95. The Labute approximate surface area is 162 Å². The van der Waals surface area contributed by atoms with Gasteiger partial charge in [-0.25, -0.2) is 14.6 Å². The van der Waals surface area contributed by atoms with Gasteiger partial charge in [0.25, 0.3) is 0 Å². The van der Waals surface area contributed by atoms with Gasteiger partial charge in [0.15, 0.2) is 0 Å². The van der Waals surface area contributed by atoms with Crippen molar-refractivity contribution in [2.24, 2.45) is 5.92 Å². The molecule has 3 amide bonds. The number of benzene rings is 2. The van der Waals surface area contributed by atoms with E-state index in [1.807, 2.05) is 0 Å². The summed E-state index contributed by atoms with van der Waals surface area (Å²) in [6, 6.07) is 12.9. The molecule has 0 spiro atoms. The Bertz CT molecular complexity index is 852. The van der Waals surface area contributed by atoms with Crippen molar-refractivity contribution in [3.8, 4) is 0 Å². The van der Waals surface area contributed by atoms with Crippen LogP contribution in [0.1, 0.15) is 24.4 Å². The molecule has 1 saturated carbocycles. The fourth-order valence-corrected chi connectivity index (χ4v) is 3.18. The average Bonchev–Trinajstić information content (AvgIpc) is 3.35. The summed E-state index contributed by atoms with van der Waals surface area (Å²) in [4.78, 5) is 24.5. The molecule has 4 rings (SSSR count). The van der Waals surface area contributed by atoms with Crippen LogP contribution >= 0.6 is 0 Å². The fraction of sp³-hybridized carbons (Fsp3) is 0.300. The van der Waals surface area contributed by atoms with E-state index in [0.29, 0.717) is 24.0 Å². The number of carbonyl (C=O) groups is 2. The first kappa shape index (κ1) is 18.4. The molecular formula is C20H22FN5O2. The topological polar surface area (TPSA) is 94.3 Å². The first-order valence-electron chi connectivity index (χ1n) is 9.31. The van der Waals surface area contributed by atoms with Crippen LogP contribution in [0.5, 0.6) is 0 Å². The molecule has 5 N–H and O–H groups in total. The first-order chi connectivity index (χ1) is 13.6. The maximum Gasteiger partial charge on any atom is 0.319 e. The van der Waals surface area contributed by atoms with E-state index >= 15 is 0 Å². The third kappa shape index (κ3) is 4.47. The molecule has 0 bridgehead atoms. The van der Waals surface area contributed by atoms with Gasteiger partial charge in [-0.05, 0) is 54.8 Å². The van der Waals surface area contributed by atoms with E-state index in [2.05, 4.69) is 26.8 Å². The van der Waals surface area contributed by atoms with Crippen molar-refractivity contribution in [1.29, 1.82) is 0 Å². The molecule has 146 valence electrons. The largest absolute Gasteiger partial charge is 0.335 e. The number of amides is 3. The van der Waals surface area contributed by atoms with Crippen LogP contribution in [0, 0.1) is 11.7 Å². The van der Waals surface area contributed by atoms with Gasteiger partial charge in [-0.2, -0.15) is 0 Å². The maximum absolute atomic E-state index is 13.1. The van der Waals surface area contributed by atoms with Crippen molar-refractivity contribution >= 4 is 23.3 Å². The zero-order valence-electron chi connectivity index (χ0n) is 15.2. The maximum atomic E-state index is 13.1. The number of hydrogen-bond acceptors (Lipinski definition) is 4. The van der Waals surface area contributed by atoms with Gasteiger partial charge in [0.1, 0.15) is 5.82 Å². The molecule has 2 unspecified atom stereocenters. The molecule has 8 heteroatoms. The van der Waals surface area contributed by atoms with Crippen molar-refractivity contribution in [2.75, 3.05) is 17.2 Å². The van der Waals surface area contributed by atoms with Crippen molar-refractivity contribution in [2.45, 2.75) is 24.9 Å². The first-order valence-corrected chi connectivity index (χ1v) is 9.31. The average molecular weight is 383 g/mol. The summed E-state index contributed by atoms with van der Waals surface area (Å²) < 4.78 is 13.1. The summed E-state index contributed by atoms with van der Waals surface area (Å²) in [6.45, 7) is 0.467. The van der Waals surface area contributed by atoms with Crippen LogP contribution in [0.15, 0.2) is 48.5 Å². The van der Waals surface area contributed by atoms with E-state index in [4.69, 9.17) is 0 Å². The third-order valence-electron chi connectivity index (χ3n) is 4.87. The van der Waals surface area contributed by atoms with E-state index in [-0.39, 0.29) is 29.7 Å². The van der Waals surface area contributed by atoms with Crippen molar-refractivity contribution in [3.05, 3.63) is 59.9 Å². The molecule has 2 aromatic carbocycles. The number of rotatable bonds is 5. The second-order valence-electron chi connectivity index (χ2n) is 7.10. The number of anilines is 2. The lowest BCUT2D eigenvalue weighted by Crippen LogP contribution is -2.30. The van der Waals surface area contributed by atoms with Crippen molar-refractivity contribution < 1.29 is 14.0 Å². The molecule has 1 saturated heterocycles. The lowest BCUT2D eigenvalue weighted by atomic mass is 9.94. The zero-order chi connectivity index (χ0) is 19.5. The predicted molar refractivity (Wildman–Crippen MR) is 104 cm³/mol. The summed E-state index contributed by atoms with van der Waals surface area (Å²) in [5.41, 5.74) is 8.21. The highest BCUT2D eigenvalue weighted by molar-refractivity contribution is 5.94. The molecule has 0 radical (unpaired) electrons. The van der Waals surface area contributed by atoms with E-state index < -0.39 is 0 Å². The Balaban J connectivity index is 1.35. The zero-order valence-corrected chi connectivity index (χ0v) is 15.2. The van der Waals surface area contributed by atoms with Gasteiger partial charge < -0.3 is 16.0 Å². The van der Waals surface area contributed by atoms with Gasteiger partial charge in [-0.1, -0.05) is 12.1 Å². The summed E-state index contributed by atoms with van der Waals surface area (Å²) >= 11 is 0. The number of hydrazine groups is 1. The van der Waals surface area contributed by atoms with Crippen LogP contribution in [-0.2, 0) is 4.79 Å². The SMILES string of the molecule is O=C(Nc1ccc(NC(=O)C2CNNC2c2ccc(F)cc2)cc1)NC1CC1. The molecule has 1 aliphatic heterocycles. The highest BCUT2D eigenvalue weighted by atomic mass is 19.1. The van der Waals surface area contributed by atoms with Crippen LogP contribution in [0.3, 0.4) is 0 Å². The summed E-state index contributed by atoms with van der Waals surface area (Å²) in [5, 5.41) is 8.52. The van der Waals surface area contributed by atoms with E-state index in [9.17, 15) is 14.0 Å². The molecule has 2 aliphatic rings. The second-order valence-corrected chi connectivity index (χ2v) is 7.10. The molecule has 2 aromatic rings. The number of nitrogens with one attached hydrogen (secondary N) is 5. The summed E-state index contributed by atoms with van der Waals surface area (Å²) in [5.74, 6) is -0.790. The molecular weight excluding hydrogens is 361 g/mol. The Hall–Kier alpha value is -2.97. The Morgan fingerprint density at radius 2 is 1.57 bits per heavy atom. The van der Waals surface area contributed by atoms with Gasteiger partial charge in [0.05, 0.1) is 12.0 Å². The van der Waals surface area contributed by atoms with Gasteiger partial charge >= 0.3 is 6.03 Å². The Kier molecular flexibility index (Phi) is 5.23. The van der Waals surface area contributed by atoms with E-state index in [0.717, 1.165) is 18.4 Å². The molecule has 2 atom stereocenters. The number of urea groups is 1. The van der Waals surface area contributed by atoms with Crippen LogP contribution in [0.25, 0.3) is 0 Å². The molecule has 0 aromatic heterocycles. The normalized spacial score (nSPS) is 21.2. The number of halogens is 1. The third-order valence-corrected chi connectivity index (χ3v) is 4.87. The highest BCUT2D eigenvalue weighted by Crippen LogP contribution is 2.26. The van der Waals surface area contributed by atoms with Gasteiger partial charge in [0, 0.05) is 24.0 Å². The molecule has 7 nitrogen and oxygen atoms in total. The minimum Gasteiger partial charge on any atom is -0.335 e. The van der Waals surface area contributed by atoms with Crippen LogP contribution in [-0.4, -0.2) is 24.5 Å². The lowest BCUT2D eigenvalue weighted by Gasteiger charge is -2.18. The molecule has 28 heavy (non-hydrogen) atoms. The molecule has 1 heterocycles. The van der Waals surface area contributed by atoms with Gasteiger partial charge in [-0.15, -0.1) is 0 Å². The van der Waals surface area contributed by atoms with E-state index in [1.54, 1.807) is 36.4 Å². The molecule has 2 fully saturated rings. The Morgan fingerprint density at radius 3 is 2.21 bits per heavy atom. The minimum atomic E-state index is -0.340. The van der Waals surface area contributed by atoms with Crippen LogP contribution < -0.4 is 26.8 Å². The standard InChI is InChI=1S/C20H22FN5O2/c21-13-3-1-12(2-4-13)18-17(11-22-26-18)19(27)23-14-5-7-15(8-6-14)24-20(28)25-16-9-10-16/h1-8,16-18,22,26H,9-11H2,(H,23,27)(H2,24,25,28). The monoisotopic (exact) mass is 383 g/mol. The summed E-state index contributed by atoms with van der Waals surface area (Å²) in [6.07, 6.45) is 2.06. The summed E-state index contributed by atoms with van der Waals surface area (Å²) in [7, 11) is 0. The van der Waals surface area contributed by atoms with Crippen LogP contribution in [0.2, 0.25) is 0 Å². The fourth-order valence-electron chi connectivity index (χ4n) is 3.18. The quantitative estimate of drug-likeness (QED) is 0.548. The Morgan fingerprint density at radius 1 is 0.929 bits per heavy atom. The van der Waals surface area contributed by atoms with Crippen molar-refractivity contribution in [1.82, 2.24) is 16.2 Å². The smallest absolute Gasteiger partial charge is 0.319 e. The lowest BCUT2D eigenvalue weighted by molar-refractivity contribution is -0.119. The highest BCUT2D eigenvalue weighted by Gasteiger charge is 2.34. The van der Waals surface area contributed by atoms with E-state index in [1.165, 1.54) is 12.1 Å². The molecule has 1 aliphatic carbocycles. The van der Waals surface area contributed by atoms with Crippen LogP contribution in [0.4, 0.5) is 20.6 Å². The predicted octanol–water partition coefficient (Wildman–Crippen LogP) is 2.51. The van der Waals surface area contributed by atoms with Gasteiger partial charge in [-0.3, -0.25) is 10.2 Å². The number of carbonyl (C=O) groups excluding carboxylic acids is 2. The minimum absolute atomic E-state index is 0.140. The van der Waals surface area contributed by atoms with Gasteiger partial charge in [0.2, 0.25) is 5.91 Å².